The predicted octanol–water partition coefficient (Wildman–Crippen LogP) is 2.84. The quantitative estimate of drug-likeness (QED) is 0.696. The predicted molar refractivity (Wildman–Crippen MR) is 117 cm³/mol. The maximum atomic E-state index is 13.7. The smallest absolute Gasteiger partial charge is 0.259 e. The van der Waals surface area contributed by atoms with Gasteiger partial charge in [0, 0.05) is 43.7 Å². The molecule has 4 heterocycles. The van der Waals surface area contributed by atoms with Gasteiger partial charge in [-0.15, -0.1) is 10.2 Å². The maximum absolute atomic E-state index is 13.7. The van der Waals surface area contributed by atoms with Crippen LogP contribution in [0.15, 0.2) is 18.3 Å². The molecule has 0 spiro atoms. The first kappa shape index (κ1) is 20.5. The molecule has 1 aliphatic heterocycles. The van der Waals surface area contributed by atoms with Crippen molar-refractivity contribution in [3.8, 4) is 0 Å². The number of hydrogen-bond acceptors (Lipinski definition) is 6. The number of pyridine rings is 2. The number of anilines is 1. The number of carbonyl (C=O) groups excluding carboxylic acids is 1. The van der Waals surface area contributed by atoms with Crippen LogP contribution in [-0.2, 0) is 0 Å². The Balaban J connectivity index is 2.08. The minimum absolute atomic E-state index is 0.0421. The summed E-state index contributed by atoms with van der Waals surface area (Å²) in [6.07, 6.45) is 2.82. The summed E-state index contributed by atoms with van der Waals surface area (Å²) in [6.45, 7) is 10.7. The standard InChI is InChI=1S/C22H30N6O2/c1-5-26(6-2)22(30)17-18(27-12-9-15(29)10-13-27)16-8-7-11-23-20(16)28-19(14(3)4)24-25-21(17)28/h7-8,11,14-15,29H,5-6,9-10,12-13H2,1-4H3. The van der Waals surface area contributed by atoms with Crippen molar-refractivity contribution in [2.45, 2.75) is 52.6 Å². The molecule has 3 aromatic heterocycles. The third-order valence-electron chi connectivity index (χ3n) is 5.96. The number of aliphatic hydroxyl groups is 1. The number of carbonyl (C=O) groups is 1. The summed E-state index contributed by atoms with van der Waals surface area (Å²) in [7, 11) is 0. The van der Waals surface area contributed by atoms with E-state index in [0.29, 0.717) is 50.2 Å². The Morgan fingerprint density at radius 1 is 1.20 bits per heavy atom. The zero-order valence-electron chi connectivity index (χ0n) is 18.2. The third kappa shape index (κ3) is 3.29. The van der Waals surface area contributed by atoms with E-state index in [9.17, 15) is 9.90 Å². The van der Waals surface area contributed by atoms with E-state index in [4.69, 9.17) is 0 Å². The summed E-state index contributed by atoms with van der Waals surface area (Å²) in [6, 6.07) is 3.92. The highest BCUT2D eigenvalue weighted by atomic mass is 16.3. The second-order valence-electron chi connectivity index (χ2n) is 8.17. The Labute approximate surface area is 176 Å². The average molecular weight is 411 g/mol. The fourth-order valence-corrected chi connectivity index (χ4v) is 4.33. The average Bonchev–Trinajstić information content (AvgIpc) is 3.20. The number of piperidine rings is 1. The molecule has 0 atom stereocenters. The number of aromatic nitrogens is 4. The van der Waals surface area contributed by atoms with E-state index in [2.05, 4.69) is 33.9 Å². The van der Waals surface area contributed by atoms with Crippen LogP contribution in [-0.4, -0.2) is 67.8 Å². The molecule has 1 fully saturated rings. The van der Waals surface area contributed by atoms with Gasteiger partial charge in [-0.3, -0.25) is 9.20 Å². The molecule has 1 N–H and O–H groups in total. The Hall–Kier alpha value is -2.74. The monoisotopic (exact) mass is 410 g/mol. The van der Waals surface area contributed by atoms with E-state index >= 15 is 0 Å². The molecule has 0 bridgehead atoms. The highest BCUT2D eigenvalue weighted by Gasteiger charge is 2.31. The van der Waals surface area contributed by atoms with Gasteiger partial charge in [-0.05, 0) is 38.8 Å². The molecule has 1 amide bonds. The Kier molecular flexibility index (Phi) is 5.60. The largest absolute Gasteiger partial charge is 0.393 e. The molecule has 8 nitrogen and oxygen atoms in total. The van der Waals surface area contributed by atoms with E-state index in [1.54, 1.807) is 6.20 Å². The number of nitrogens with zero attached hydrogens (tertiary/aromatic N) is 6. The minimum Gasteiger partial charge on any atom is -0.393 e. The van der Waals surface area contributed by atoms with Gasteiger partial charge in [0.15, 0.2) is 5.65 Å². The van der Waals surface area contributed by atoms with Crippen molar-refractivity contribution in [2.24, 2.45) is 0 Å². The van der Waals surface area contributed by atoms with Crippen LogP contribution < -0.4 is 4.90 Å². The highest BCUT2D eigenvalue weighted by molar-refractivity contribution is 6.12. The summed E-state index contributed by atoms with van der Waals surface area (Å²) in [4.78, 5) is 22.4. The lowest BCUT2D eigenvalue weighted by atomic mass is 10.0. The van der Waals surface area contributed by atoms with Crippen molar-refractivity contribution in [2.75, 3.05) is 31.1 Å². The molecular formula is C22H30N6O2. The van der Waals surface area contributed by atoms with Gasteiger partial charge in [-0.1, -0.05) is 13.8 Å². The van der Waals surface area contributed by atoms with Crippen LogP contribution in [0.25, 0.3) is 16.7 Å². The lowest BCUT2D eigenvalue weighted by Crippen LogP contribution is -2.38. The van der Waals surface area contributed by atoms with Crippen LogP contribution in [0.3, 0.4) is 0 Å². The second-order valence-corrected chi connectivity index (χ2v) is 8.17. The molecule has 160 valence electrons. The second kappa shape index (κ2) is 8.18. The van der Waals surface area contributed by atoms with E-state index in [1.807, 2.05) is 35.3 Å². The molecule has 0 radical (unpaired) electrons. The Morgan fingerprint density at radius 3 is 2.53 bits per heavy atom. The fraction of sp³-hybridized carbons (Fsp3) is 0.545. The summed E-state index contributed by atoms with van der Waals surface area (Å²) in [5, 5.41) is 19.9. The minimum atomic E-state index is -0.295. The first-order chi connectivity index (χ1) is 14.5. The van der Waals surface area contributed by atoms with Crippen LogP contribution in [0.5, 0.6) is 0 Å². The highest BCUT2D eigenvalue weighted by Crippen LogP contribution is 2.36. The number of fused-ring (bicyclic) bond motifs is 3. The van der Waals surface area contributed by atoms with Gasteiger partial charge in [0.1, 0.15) is 17.0 Å². The lowest BCUT2D eigenvalue weighted by molar-refractivity contribution is 0.0775. The van der Waals surface area contributed by atoms with Crippen molar-refractivity contribution >= 4 is 28.3 Å². The lowest BCUT2D eigenvalue weighted by Gasteiger charge is -2.34. The van der Waals surface area contributed by atoms with Crippen LogP contribution >= 0.6 is 0 Å². The van der Waals surface area contributed by atoms with Crippen LogP contribution in [0, 0.1) is 0 Å². The first-order valence-corrected chi connectivity index (χ1v) is 10.9. The van der Waals surface area contributed by atoms with E-state index in [0.717, 1.165) is 22.5 Å². The van der Waals surface area contributed by atoms with Gasteiger partial charge in [-0.25, -0.2) is 4.98 Å². The number of rotatable bonds is 5. The van der Waals surface area contributed by atoms with Crippen LogP contribution in [0.4, 0.5) is 5.69 Å². The summed E-state index contributed by atoms with van der Waals surface area (Å²) in [5.41, 5.74) is 2.76. The molecule has 4 rings (SSSR count). The first-order valence-electron chi connectivity index (χ1n) is 10.9. The Morgan fingerprint density at radius 2 is 1.90 bits per heavy atom. The summed E-state index contributed by atoms with van der Waals surface area (Å²) < 4.78 is 1.94. The van der Waals surface area contributed by atoms with Gasteiger partial charge in [-0.2, -0.15) is 0 Å². The van der Waals surface area contributed by atoms with Crippen LogP contribution in [0.2, 0.25) is 0 Å². The SMILES string of the molecule is CCN(CC)C(=O)c1c(N2CCC(O)CC2)c2cccnc2n2c(C(C)C)nnc12. The fourth-order valence-electron chi connectivity index (χ4n) is 4.33. The maximum Gasteiger partial charge on any atom is 0.259 e. The zero-order valence-corrected chi connectivity index (χ0v) is 18.2. The summed E-state index contributed by atoms with van der Waals surface area (Å²) in [5.74, 6) is 0.889. The number of amides is 1. The van der Waals surface area contributed by atoms with Crippen molar-refractivity contribution in [1.29, 1.82) is 0 Å². The van der Waals surface area contributed by atoms with Gasteiger partial charge in [0.25, 0.3) is 5.91 Å². The van der Waals surface area contributed by atoms with Gasteiger partial charge in [0.05, 0.1) is 11.8 Å². The molecule has 8 heteroatoms. The normalized spacial score (nSPS) is 15.5. The molecule has 0 saturated carbocycles. The topological polar surface area (TPSA) is 86.9 Å². The molecule has 0 aliphatic carbocycles. The summed E-state index contributed by atoms with van der Waals surface area (Å²) >= 11 is 0. The molecule has 0 aromatic carbocycles. The Bertz CT molecular complexity index is 1060. The molecule has 3 aromatic rings. The molecule has 30 heavy (non-hydrogen) atoms. The number of hydrogen-bond donors (Lipinski definition) is 1. The van der Waals surface area contributed by atoms with Crippen molar-refractivity contribution in [3.63, 3.8) is 0 Å². The van der Waals surface area contributed by atoms with Crippen molar-refractivity contribution in [3.05, 3.63) is 29.7 Å². The van der Waals surface area contributed by atoms with Crippen molar-refractivity contribution < 1.29 is 9.90 Å². The van der Waals surface area contributed by atoms with Crippen LogP contribution in [0.1, 0.15) is 62.6 Å². The van der Waals surface area contributed by atoms with Gasteiger partial charge in [0.2, 0.25) is 0 Å². The van der Waals surface area contributed by atoms with E-state index < -0.39 is 0 Å². The third-order valence-corrected chi connectivity index (χ3v) is 5.96. The molecule has 0 unspecified atom stereocenters. The molecule has 1 aliphatic rings. The van der Waals surface area contributed by atoms with Gasteiger partial charge >= 0.3 is 0 Å². The number of aliphatic hydroxyl groups excluding tert-OH is 1. The zero-order chi connectivity index (χ0) is 21.4. The molecular weight excluding hydrogens is 380 g/mol. The van der Waals surface area contributed by atoms with Gasteiger partial charge < -0.3 is 14.9 Å². The molecule has 1 saturated heterocycles. The van der Waals surface area contributed by atoms with Crippen molar-refractivity contribution in [1.82, 2.24) is 24.5 Å². The van der Waals surface area contributed by atoms with E-state index in [-0.39, 0.29) is 17.9 Å². The van der Waals surface area contributed by atoms with E-state index in [1.165, 1.54) is 0 Å².